The lowest BCUT2D eigenvalue weighted by Crippen LogP contribution is -2.38. The van der Waals surface area contributed by atoms with Crippen LogP contribution >= 0.6 is 0 Å². The van der Waals surface area contributed by atoms with Crippen molar-refractivity contribution in [3.63, 3.8) is 0 Å². The molecule has 2 fully saturated rings. The van der Waals surface area contributed by atoms with Crippen LogP contribution in [0.2, 0.25) is 0 Å². The Bertz CT molecular complexity index is 681. The molecule has 7 heteroatoms. The molecule has 0 radical (unpaired) electrons. The minimum Gasteiger partial charge on any atom is -0.353 e. The van der Waals surface area contributed by atoms with Crippen LogP contribution in [0.3, 0.4) is 0 Å². The van der Waals surface area contributed by atoms with Crippen LogP contribution in [0.15, 0.2) is 34.2 Å². The number of hydrogen-bond acceptors (Lipinski definition) is 3. The molecule has 0 aliphatic heterocycles. The molecule has 1 aromatic rings. The zero-order chi connectivity index (χ0) is 16.4. The van der Waals surface area contributed by atoms with Gasteiger partial charge in [0, 0.05) is 25.7 Å². The molecular formula is C16H24N4O2S. The summed E-state index contributed by atoms with van der Waals surface area (Å²) < 4.78 is 26.9. The monoisotopic (exact) mass is 336 g/mol. The van der Waals surface area contributed by atoms with Crippen molar-refractivity contribution in [2.24, 2.45) is 10.9 Å². The molecule has 0 amide bonds. The van der Waals surface area contributed by atoms with Gasteiger partial charge in [-0.25, -0.2) is 13.1 Å². The standard InChI is InChI=1S/C16H24N4O2S/c1-11-9-15(11)19-16(17-2)18-10-12-3-7-14(8-4-12)23(21,22)20-13-5-6-13/h3-4,7-8,11,13,15,20H,5-6,9-10H2,1-2H3,(H2,17,18,19). The highest BCUT2D eigenvalue weighted by atomic mass is 32.2. The van der Waals surface area contributed by atoms with Crippen LogP contribution < -0.4 is 15.4 Å². The van der Waals surface area contributed by atoms with Crippen LogP contribution in [0.1, 0.15) is 31.7 Å². The van der Waals surface area contributed by atoms with Gasteiger partial charge in [0.05, 0.1) is 4.90 Å². The number of sulfonamides is 1. The molecule has 3 N–H and O–H groups in total. The Morgan fingerprint density at radius 2 is 1.91 bits per heavy atom. The number of rotatable bonds is 6. The van der Waals surface area contributed by atoms with Crippen molar-refractivity contribution in [1.82, 2.24) is 15.4 Å². The number of nitrogens with zero attached hydrogens (tertiary/aromatic N) is 1. The topological polar surface area (TPSA) is 82.6 Å². The van der Waals surface area contributed by atoms with Crippen molar-refractivity contribution in [3.8, 4) is 0 Å². The molecule has 0 spiro atoms. The van der Waals surface area contributed by atoms with Gasteiger partial charge in [0.2, 0.25) is 10.0 Å². The molecule has 1 aromatic carbocycles. The van der Waals surface area contributed by atoms with Crippen LogP contribution in [-0.4, -0.2) is 33.5 Å². The van der Waals surface area contributed by atoms with Crippen LogP contribution in [0.5, 0.6) is 0 Å². The molecule has 2 aliphatic carbocycles. The molecule has 6 nitrogen and oxygen atoms in total. The van der Waals surface area contributed by atoms with Crippen LogP contribution in [0.25, 0.3) is 0 Å². The largest absolute Gasteiger partial charge is 0.353 e. The molecule has 3 rings (SSSR count). The number of aliphatic imine (C=N–C) groups is 1. The van der Waals surface area contributed by atoms with Gasteiger partial charge in [-0.05, 0) is 42.9 Å². The number of hydrogen-bond donors (Lipinski definition) is 3. The Kier molecular flexibility index (Phi) is 4.59. The zero-order valence-corrected chi connectivity index (χ0v) is 14.4. The van der Waals surface area contributed by atoms with Gasteiger partial charge in [-0.3, -0.25) is 4.99 Å². The number of guanidine groups is 1. The third kappa shape index (κ3) is 4.45. The van der Waals surface area contributed by atoms with Gasteiger partial charge in [-0.2, -0.15) is 0 Å². The van der Waals surface area contributed by atoms with E-state index in [4.69, 9.17) is 0 Å². The summed E-state index contributed by atoms with van der Waals surface area (Å²) in [6.45, 7) is 2.82. The van der Waals surface area contributed by atoms with E-state index in [0.717, 1.165) is 24.4 Å². The predicted octanol–water partition coefficient (Wildman–Crippen LogP) is 1.20. The van der Waals surface area contributed by atoms with Crippen molar-refractivity contribution in [2.45, 2.75) is 49.7 Å². The zero-order valence-electron chi connectivity index (χ0n) is 13.5. The molecule has 0 bridgehead atoms. The summed E-state index contributed by atoms with van der Waals surface area (Å²) >= 11 is 0. The maximum atomic E-state index is 12.1. The first-order chi connectivity index (χ1) is 11.0. The van der Waals surface area contributed by atoms with Crippen LogP contribution in [-0.2, 0) is 16.6 Å². The summed E-state index contributed by atoms with van der Waals surface area (Å²) in [6, 6.07) is 7.62. The van der Waals surface area contributed by atoms with Crippen molar-refractivity contribution in [3.05, 3.63) is 29.8 Å². The Morgan fingerprint density at radius 1 is 1.26 bits per heavy atom. The van der Waals surface area contributed by atoms with Gasteiger partial charge in [0.25, 0.3) is 0 Å². The lowest BCUT2D eigenvalue weighted by molar-refractivity contribution is 0.581. The Morgan fingerprint density at radius 3 is 2.43 bits per heavy atom. The molecule has 0 aromatic heterocycles. The van der Waals surface area contributed by atoms with Crippen molar-refractivity contribution in [2.75, 3.05) is 7.05 Å². The summed E-state index contributed by atoms with van der Waals surface area (Å²) in [5.74, 6) is 1.49. The SMILES string of the molecule is CN=C(NCc1ccc(S(=O)(=O)NC2CC2)cc1)NC1CC1C. The normalized spacial score (nSPS) is 24.3. The highest BCUT2D eigenvalue weighted by molar-refractivity contribution is 7.89. The predicted molar refractivity (Wildman–Crippen MR) is 90.7 cm³/mol. The first-order valence-electron chi connectivity index (χ1n) is 8.06. The van der Waals surface area contributed by atoms with Crippen molar-refractivity contribution in [1.29, 1.82) is 0 Å². The number of benzene rings is 1. The Labute approximate surface area is 137 Å². The minimum atomic E-state index is -3.37. The van der Waals surface area contributed by atoms with Gasteiger partial charge in [-0.15, -0.1) is 0 Å². The summed E-state index contributed by atoms with van der Waals surface area (Å²) in [5.41, 5.74) is 1.02. The van der Waals surface area contributed by atoms with Gasteiger partial charge in [0.15, 0.2) is 5.96 Å². The van der Waals surface area contributed by atoms with Gasteiger partial charge in [-0.1, -0.05) is 19.1 Å². The lowest BCUT2D eigenvalue weighted by Gasteiger charge is -2.12. The average molecular weight is 336 g/mol. The molecule has 0 heterocycles. The van der Waals surface area contributed by atoms with Crippen LogP contribution in [0.4, 0.5) is 0 Å². The van der Waals surface area contributed by atoms with Gasteiger partial charge < -0.3 is 10.6 Å². The fourth-order valence-electron chi connectivity index (χ4n) is 2.35. The third-order valence-corrected chi connectivity index (χ3v) is 5.78. The minimum absolute atomic E-state index is 0.126. The fourth-order valence-corrected chi connectivity index (χ4v) is 3.66. The van der Waals surface area contributed by atoms with Gasteiger partial charge >= 0.3 is 0 Å². The van der Waals surface area contributed by atoms with E-state index in [-0.39, 0.29) is 6.04 Å². The molecule has 2 aliphatic rings. The van der Waals surface area contributed by atoms with E-state index in [1.807, 2.05) is 12.1 Å². The molecule has 126 valence electrons. The smallest absolute Gasteiger partial charge is 0.240 e. The molecular weight excluding hydrogens is 312 g/mol. The summed E-state index contributed by atoms with van der Waals surface area (Å²) in [6.07, 6.45) is 3.06. The lowest BCUT2D eigenvalue weighted by atomic mass is 10.2. The second-order valence-electron chi connectivity index (χ2n) is 6.43. The third-order valence-electron chi connectivity index (χ3n) is 4.25. The van der Waals surface area contributed by atoms with E-state index in [1.165, 1.54) is 6.42 Å². The molecule has 2 saturated carbocycles. The molecule has 2 atom stereocenters. The first kappa shape index (κ1) is 16.3. The van der Waals surface area contributed by atoms with Crippen LogP contribution in [0, 0.1) is 5.92 Å². The first-order valence-corrected chi connectivity index (χ1v) is 9.55. The molecule has 2 unspecified atom stereocenters. The second-order valence-corrected chi connectivity index (χ2v) is 8.14. The van der Waals surface area contributed by atoms with E-state index in [9.17, 15) is 8.42 Å². The summed E-state index contributed by atoms with van der Waals surface area (Å²) in [5, 5.41) is 6.61. The van der Waals surface area contributed by atoms with E-state index < -0.39 is 10.0 Å². The fraction of sp³-hybridized carbons (Fsp3) is 0.562. The highest BCUT2D eigenvalue weighted by Gasteiger charge is 2.33. The van der Waals surface area contributed by atoms with E-state index >= 15 is 0 Å². The van der Waals surface area contributed by atoms with Crippen molar-refractivity contribution >= 4 is 16.0 Å². The number of nitrogens with one attached hydrogen (secondary N) is 3. The van der Waals surface area contributed by atoms with E-state index in [1.54, 1.807) is 19.2 Å². The summed E-state index contributed by atoms with van der Waals surface area (Å²) in [4.78, 5) is 4.52. The molecule has 0 saturated heterocycles. The second kappa shape index (κ2) is 6.49. The molecule has 23 heavy (non-hydrogen) atoms. The van der Waals surface area contributed by atoms with E-state index in [0.29, 0.717) is 23.4 Å². The Hall–Kier alpha value is -1.60. The Balaban J connectivity index is 1.54. The average Bonchev–Trinajstić information content (AvgIpc) is 3.44. The maximum Gasteiger partial charge on any atom is 0.240 e. The highest BCUT2D eigenvalue weighted by Crippen LogP contribution is 2.28. The van der Waals surface area contributed by atoms with E-state index in [2.05, 4.69) is 27.3 Å². The van der Waals surface area contributed by atoms with Gasteiger partial charge in [0.1, 0.15) is 0 Å². The quantitative estimate of drug-likeness (QED) is 0.538. The maximum absolute atomic E-state index is 12.1. The van der Waals surface area contributed by atoms with Crippen molar-refractivity contribution < 1.29 is 8.42 Å². The summed E-state index contributed by atoms with van der Waals surface area (Å²) in [7, 11) is -1.62.